The van der Waals surface area contributed by atoms with Gasteiger partial charge in [-0.05, 0) is 43.5 Å². The zero-order chi connectivity index (χ0) is 18.3. The average Bonchev–Trinajstić information content (AvgIpc) is 3.09. The molecular weight excluding hydrogens is 354 g/mol. The van der Waals surface area contributed by atoms with Crippen LogP contribution < -0.4 is 4.90 Å². The number of nitrogens with one attached hydrogen (secondary N) is 1. The van der Waals surface area contributed by atoms with Gasteiger partial charge in [0.05, 0.1) is 5.52 Å². The highest BCUT2D eigenvalue weighted by atomic mass is 32.2. The van der Waals surface area contributed by atoms with E-state index in [2.05, 4.69) is 31.7 Å². The molecule has 0 unspecified atom stereocenters. The van der Waals surface area contributed by atoms with Crippen molar-refractivity contribution in [3.63, 3.8) is 0 Å². The maximum atomic E-state index is 14.5. The lowest BCUT2D eigenvalue weighted by molar-refractivity contribution is 0.431. The molecule has 2 aromatic carbocycles. The predicted molar refractivity (Wildman–Crippen MR) is 103 cm³/mol. The van der Waals surface area contributed by atoms with Crippen molar-refractivity contribution in [3.05, 3.63) is 47.5 Å². The molecule has 1 aliphatic rings. The monoisotopic (exact) mass is 374 g/mol. The smallest absolute Gasteiger partial charge is 0.138 e. The van der Waals surface area contributed by atoms with Crippen molar-refractivity contribution < 1.29 is 8.78 Å². The fourth-order valence-electron chi connectivity index (χ4n) is 3.38. The molecule has 4 nitrogen and oxygen atoms in total. The van der Waals surface area contributed by atoms with E-state index >= 15 is 0 Å². The molecule has 1 saturated heterocycles. The summed E-state index contributed by atoms with van der Waals surface area (Å²) in [5, 5.41) is 8.12. The number of anilines is 1. The molecule has 0 saturated carbocycles. The fraction of sp³-hybridized carbons (Fsp3) is 0.316. The molecule has 3 aromatic rings. The van der Waals surface area contributed by atoms with Gasteiger partial charge in [-0.15, -0.1) is 0 Å². The summed E-state index contributed by atoms with van der Waals surface area (Å²) in [5.41, 5.74) is 2.83. The first kappa shape index (κ1) is 17.3. The number of aromatic amines is 1. The van der Waals surface area contributed by atoms with Gasteiger partial charge in [0.15, 0.2) is 0 Å². The van der Waals surface area contributed by atoms with Gasteiger partial charge in [-0.25, -0.2) is 13.1 Å². The molecule has 0 amide bonds. The molecule has 136 valence electrons. The molecule has 1 fully saturated rings. The standard InChI is InChI=1S/C19H20F2N4S/c1-12-16(20)6-5-15(18(12)21)19-14-4-3-13(11-17(14)22-23-19)24-7-9-25(26-2)10-8-24/h3-6,11H,7-10H2,1-2H3,(H,22,23). The Kier molecular flexibility index (Phi) is 4.58. The van der Waals surface area contributed by atoms with Crippen LogP contribution in [-0.2, 0) is 0 Å². The van der Waals surface area contributed by atoms with E-state index in [-0.39, 0.29) is 5.56 Å². The van der Waals surface area contributed by atoms with E-state index in [9.17, 15) is 8.78 Å². The molecular formula is C19H20F2N4S. The van der Waals surface area contributed by atoms with Gasteiger partial charge in [0.1, 0.15) is 17.3 Å². The largest absolute Gasteiger partial charge is 0.369 e. The molecule has 1 N–H and O–H groups in total. The summed E-state index contributed by atoms with van der Waals surface area (Å²) < 4.78 is 30.4. The van der Waals surface area contributed by atoms with E-state index in [1.165, 1.54) is 19.1 Å². The summed E-state index contributed by atoms with van der Waals surface area (Å²) in [7, 11) is 0. The van der Waals surface area contributed by atoms with Crippen LogP contribution in [0.2, 0.25) is 0 Å². The second kappa shape index (κ2) is 6.89. The van der Waals surface area contributed by atoms with Crippen LogP contribution >= 0.6 is 11.9 Å². The zero-order valence-corrected chi connectivity index (χ0v) is 15.5. The lowest BCUT2D eigenvalue weighted by atomic mass is 10.0. The third kappa shape index (κ3) is 2.95. The van der Waals surface area contributed by atoms with Crippen LogP contribution in [0.15, 0.2) is 30.3 Å². The number of H-pyrrole nitrogens is 1. The van der Waals surface area contributed by atoms with Crippen LogP contribution in [0, 0.1) is 18.6 Å². The SMILES string of the molecule is CSN1CCN(c2ccc3c(-c4ccc(F)c(C)c4F)n[nH]c3c2)CC1. The average molecular weight is 374 g/mol. The third-order valence-corrected chi connectivity index (χ3v) is 5.87. The minimum atomic E-state index is -0.560. The quantitative estimate of drug-likeness (QED) is 0.697. The number of rotatable bonds is 3. The second-order valence-electron chi connectivity index (χ2n) is 6.43. The highest BCUT2D eigenvalue weighted by Gasteiger charge is 2.19. The van der Waals surface area contributed by atoms with Crippen molar-refractivity contribution in [2.45, 2.75) is 6.92 Å². The number of halogens is 2. The van der Waals surface area contributed by atoms with E-state index in [1.807, 2.05) is 12.1 Å². The van der Waals surface area contributed by atoms with Crippen LogP contribution in [0.4, 0.5) is 14.5 Å². The number of benzene rings is 2. The maximum Gasteiger partial charge on any atom is 0.138 e. The van der Waals surface area contributed by atoms with E-state index in [0.29, 0.717) is 11.3 Å². The third-order valence-electron chi connectivity index (χ3n) is 4.98. The zero-order valence-electron chi connectivity index (χ0n) is 14.7. The van der Waals surface area contributed by atoms with Gasteiger partial charge in [0, 0.05) is 48.4 Å². The molecule has 7 heteroatoms. The Bertz CT molecular complexity index is 948. The van der Waals surface area contributed by atoms with Crippen LogP contribution in [0.5, 0.6) is 0 Å². The topological polar surface area (TPSA) is 35.2 Å². The van der Waals surface area contributed by atoms with Crippen LogP contribution in [0.1, 0.15) is 5.56 Å². The molecule has 0 spiro atoms. The van der Waals surface area contributed by atoms with Crippen LogP contribution in [-0.4, -0.2) is 46.9 Å². The molecule has 1 aromatic heterocycles. The number of hydrogen-bond acceptors (Lipinski definition) is 4. The minimum absolute atomic E-state index is 0.0157. The summed E-state index contributed by atoms with van der Waals surface area (Å²) in [5.74, 6) is -1.10. The number of hydrogen-bond donors (Lipinski definition) is 1. The number of aromatic nitrogens is 2. The Morgan fingerprint density at radius 3 is 2.58 bits per heavy atom. The van der Waals surface area contributed by atoms with Gasteiger partial charge < -0.3 is 4.90 Å². The van der Waals surface area contributed by atoms with Crippen molar-refractivity contribution in [3.8, 4) is 11.3 Å². The Balaban J connectivity index is 1.67. The highest BCUT2D eigenvalue weighted by molar-refractivity contribution is 7.96. The van der Waals surface area contributed by atoms with Crippen molar-refractivity contribution >= 4 is 28.5 Å². The van der Waals surface area contributed by atoms with E-state index < -0.39 is 11.6 Å². The molecule has 2 heterocycles. The van der Waals surface area contributed by atoms with Crippen molar-refractivity contribution in [1.82, 2.24) is 14.5 Å². The maximum absolute atomic E-state index is 14.5. The molecule has 1 aliphatic heterocycles. The lowest BCUT2D eigenvalue weighted by Crippen LogP contribution is -2.43. The molecule has 0 bridgehead atoms. The molecule has 26 heavy (non-hydrogen) atoms. The number of piperazine rings is 1. The summed E-state index contributed by atoms with van der Waals surface area (Å²) in [6.07, 6.45) is 2.10. The van der Waals surface area contributed by atoms with Crippen LogP contribution in [0.25, 0.3) is 22.2 Å². The van der Waals surface area contributed by atoms with E-state index in [0.717, 1.165) is 42.8 Å². The molecule has 4 rings (SSSR count). The van der Waals surface area contributed by atoms with Gasteiger partial charge >= 0.3 is 0 Å². The summed E-state index contributed by atoms with van der Waals surface area (Å²) in [6.45, 7) is 5.43. The number of fused-ring (bicyclic) bond motifs is 1. The normalized spacial score (nSPS) is 15.8. The first-order valence-electron chi connectivity index (χ1n) is 8.55. The summed E-state index contributed by atoms with van der Waals surface area (Å²) >= 11 is 1.78. The molecule has 0 aliphatic carbocycles. The summed E-state index contributed by atoms with van der Waals surface area (Å²) in [6, 6.07) is 8.79. The predicted octanol–water partition coefficient (Wildman–Crippen LogP) is 4.22. The van der Waals surface area contributed by atoms with Crippen LogP contribution in [0.3, 0.4) is 0 Å². The van der Waals surface area contributed by atoms with E-state index in [1.54, 1.807) is 11.9 Å². The first-order chi connectivity index (χ1) is 12.6. The van der Waals surface area contributed by atoms with Gasteiger partial charge in [-0.1, -0.05) is 11.9 Å². The van der Waals surface area contributed by atoms with Gasteiger partial charge in [0.2, 0.25) is 0 Å². The van der Waals surface area contributed by atoms with E-state index in [4.69, 9.17) is 0 Å². The fourth-order valence-corrected chi connectivity index (χ4v) is 3.91. The first-order valence-corrected chi connectivity index (χ1v) is 9.73. The second-order valence-corrected chi connectivity index (χ2v) is 7.32. The van der Waals surface area contributed by atoms with Gasteiger partial charge in [0.25, 0.3) is 0 Å². The van der Waals surface area contributed by atoms with Gasteiger partial charge in [-0.3, -0.25) is 5.10 Å². The van der Waals surface area contributed by atoms with Gasteiger partial charge in [-0.2, -0.15) is 5.10 Å². The Morgan fingerprint density at radius 2 is 1.85 bits per heavy atom. The Labute approximate surface area is 155 Å². The Hall–Kier alpha value is -2.12. The summed E-state index contributed by atoms with van der Waals surface area (Å²) in [4.78, 5) is 2.34. The lowest BCUT2D eigenvalue weighted by Gasteiger charge is -2.34. The van der Waals surface area contributed by atoms with Crippen molar-refractivity contribution in [2.75, 3.05) is 37.3 Å². The number of nitrogens with zero attached hydrogens (tertiary/aromatic N) is 3. The van der Waals surface area contributed by atoms with Crippen molar-refractivity contribution in [1.29, 1.82) is 0 Å². The minimum Gasteiger partial charge on any atom is -0.369 e. The Morgan fingerprint density at radius 1 is 1.08 bits per heavy atom. The molecule has 0 radical (unpaired) electrons. The highest BCUT2D eigenvalue weighted by Crippen LogP contribution is 2.32. The molecule has 0 atom stereocenters. The van der Waals surface area contributed by atoms with Crippen molar-refractivity contribution in [2.24, 2.45) is 0 Å².